The number of ether oxygens (including phenoxy) is 2. The van der Waals surface area contributed by atoms with Crippen LogP contribution in [0.2, 0.25) is 0 Å². The Morgan fingerprint density at radius 3 is 2.42 bits per heavy atom. The molecule has 0 spiro atoms. The minimum atomic E-state index is -3.68. The van der Waals surface area contributed by atoms with Crippen LogP contribution in [0.5, 0.6) is 5.75 Å². The molecular weight excluding hydrogens is 442 g/mol. The summed E-state index contributed by atoms with van der Waals surface area (Å²) in [5.74, 6) is 0.277. The first kappa shape index (κ1) is 25.0. The Morgan fingerprint density at radius 1 is 1.15 bits per heavy atom. The molecule has 0 saturated carbocycles. The fourth-order valence-corrected chi connectivity index (χ4v) is 5.16. The summed E-state index contributed by atoms with van der Waals surface area (Å²) >= 11 is 0. The van der Waals surface area contributed by atoms with Crippen molar-refractivity contribution in [1.29, 1.82) is 0 Å². The van der Waals surface area contributed by atoms with Crippen LogP contribution in [-0.2, 0) is 32.6 Å². The summed E-state index contributed by atoms with van der Waals surface area (Å²) in [6.07, 6.45) is 1.45. The second kappa shape index (κ2) is 11.5. The van der Waals surface area contributed by atoms with Gasteiger partial charge in [0.25, 0.3) is 0 Å². The van der Waals surface area contributed by atoms with Crippen LogP contribution in [0.4, 0.5) is 5.69 Å². The van der Waals surface area contributed by atoms with Gasteiger partial charge in [-0.05, 0) is 41.8 Å². The minimum absolute atomic E-state index is 0.326. The van der Waals surface area contributed by atoms with Crippen molar-refractivity contribution >= 4 is 21.6 Å². The number of benzene rings is 2. The van der Waals surface area contributed by atoms with Crippen molar-refractivity contribution in [2.75, 3.05) is 44.0 Å². The van der Waals surface area contributed by atoms with Crippen LogP contribution in [0.1, 0.15) is 24.5 Å². The van der Waals surface area contributed by atoms with Crippen molar-refractivity contribution < 1.29 is 22.7 Å². The molecule has 8 nitrogen and oxygen atoms in total. The Kier molecular flexibility index (Phi) is 8.71. The molecule has 1 saturated heterocycles. The van der Waals surface area contributed by atoms with Crippen molar-refractivity contribution in [1.82, 2.24) is 10.2 Å². The molecule has 33 heavy (non-hydrogen) atoms. The predicted molar refractivity (Wildman–Crippen MR) is 129 cm³/mol. The highest BCUT2D eigenvalue weighted by atomic mass is 32.2. The lowest BCUT2D eigenvalue weighted by Crippen LogP contribution is -2.49. The van der Waals surface area contributed by atoms with Crippen molar-refractivity contribution in [3.05, 3.63) is 59.7 Å². The van der Waals surface area contributed by atoms with Gasteiger partial charge in [-0.3, -0.25) is 14.0 Å². The first-order valence-electron chi connectivity index (χ1n) is 11.1. The predicted octanol–water partition coefficient (Wildman–Crippen LogP) is 2.39. The highest BCUT2D eigenvalue weighted by molar-refractivity contribution is 7.92. The van der Waals surface area contributed by atoms with Crippen molar-refractivity contribution in [3.8, 4) is 5.75 Å². The number of hydrogen-bond donors (Lipinski definition) is 1. The molecule has 1 N–H and O–H groups in total. The Morgan fingerprint density at radius 2 is 1.82 bits per heavy atom. The lowest BCUT2D eigenvalue weighted by atomic mass is 10.1. The fourth-order valence-electron chi connectivity index (χ4n) is 3.95. The Balaban J connectivity index is 1.69. The molecule has 3 rings (SSSR count). The molecule has 2 aromatic carbocycles. The first-order chi connectivity index (χ1) is 15.8. The lowest BCUT2D eigenvalue weighted by Gasteiger charge is -2.30. The highest BCUT2D eigenvalue weighted by Gasteiger charge is 2.31. The maximum absolute atomic E-state index is 13.1. The zero-order valence-corrected chi connectivity index (χ0v) is 20.3. The van der Waals surface area contributed by atoms with Gasteiger partial charge >= 0.3 is 0 Å². The molecule has 0 unspecified atom stereocenters. The van der Waals surface area contributed by atoms with E-state index in [0.717, 1.165) is 44.7 Å². The van der Waals surface area contributed by atoms with E-state index in [1.54, 1.807) is 38.3 Å². The van der Waals surface area contributed by atoms with Crippen molar-refractivity contribution in [2.24, 2.45) is 0 Å². The van der Waals surface area contributed by atoms with E-state index in [4.69, 9.17) is 9.47 Å². The monoisotopic (exact) mass is 475 g/mol. The molecule has 1 aliphatic rings. The van der Waals surface area contributed by atoms with Crippen molar-refractivity contribution in [2.45, 2.75) is 32.5 Å². The van der Waals surface area contributed by atoms with E-state index in [0.29, 0.717) is 24.4 Å². The number of morpholine rings is 1. The van der Waals surface area contributed by atoms with Crippen LogP contribution in [0.3, 0.4) is 0 Å². The number of carbonyl (C=O) groups is 1. The molecule has 0 bridgehead atoms. The van der Waals surface area contributed by atoms with Gasteiger partial charge in [0.15, 0.2) is 0 Å². The SMILES string of the molecule is CC[C@H](C(=O)NCc1cccc(CN2CCOCC2)c1)N(c1ccc(OC)cc1)S(C)(=O)=O. The number of amides is 1. The summed E-state index contributed by atoms with van der Waals surface area (Å²) in [5.41, 5.74) is 2.57. The minimum Gasteiger partial charge on any atom is -0.497 e. The Labute approximate surface area is 196 Å². The number of nitrogens with zero attached hydrogens (tertiary/aromatic N) is 2. The zero-order chi connectivity index (χ0) is 23.8. The number of anilines is 1. The molecule has 180 valence electrons. The maximum Gasteiger partial charge on any atom is 0.244 e. The van der Waals surface area contributed by atoms with E-state index >= 15 is 0 Å². The van der Waals surface area contributed by atoms with Crippen molar-refractivity contribution in [3.63, 3.8) is 0 Å². The molecular formula is C24H33N3O5S. The largest absolute Gasteiger partial charge is 0.497 e. The summed E-state index contributed by atoms with van der Waals surface area (Å²) < 4.78 is 36.9. The van der Waals surface area contributed by atoms with Crippen LogP contribution < -0.4 is 14.4 Å². The van der Waals surface area contributed by atoms with E-state index in [1.165, 1.54) is 9.87 Å². The van der Waals surface area contributed by atoms with Gasteiger partial charge in [0.2, 0.25) is 15.9 Å². The van der Waals surface area contributed by atoms with Gasteiger partial charge in [-0.2, -0.15) is 0 Å². The summed E-state index contributed by atoms with van der Waals surface area (Å²) in [6.45, 7) is 6.28. The van der Waals surface area contributed by atoms with Gasteiger partial charge in [-0.25, -0.2) is 8.42 Å². The summed E-state index contributed by atoms with van der Waals surface area (Å²) in [7, 11) is -2.14. The molecule has 1 fully saturated rings. The number of hydrogen-bond acceptors (Lipinski definition) is 6. The molecule has 0 aromatic heterocycles. The average Bonchev–Trinajstić information content (AvgIpc) is 2.81. The van der Waals surface area contributed by atoms with Gasteiger partial charge in [0.1, 0.15) is 11.8 Å². The van der Waals surface area contributed by atoms with Gasteiger partial charge in [0.05, 0.1) is 32.3 Å². The summed E-state index contributed by atoms with van der Waals surface area (Å²) in [5, 5.41) is 2.92. The van der Waals surface area contributed by atoms with E-state index in [1.807, 2.05) is 12.1 Å². The van der Waals surface area contributed by atoms with E-state index in [9.17, 15) is 13.2 Å². The van der Waals surface area contributed by atoms with Crippen LogP contribution in [0.25, 0.3) is 0 Å². The molecule has 9 heteroatoms. The molecule has 2 aromatic rings. The second-order valence-corrected chi connectivity index (χ2v) is 9.97. The average molecular weight is 476 g/mol. The molecule has 1 aliphatic heterocycles. The molecule has 0 aliphatic carbocycles. The molecule has 1 atom stereocenters. The third kappa shape index (κ3) is 6.93. The smallest absolute Gasteiger partial charge is 0.244 e. The van der Waals surface area contributed by atoms with Crippen LogP contribution >= 0.6 is 0 Å². The molecule has 1 amide bonds. The number of rotatable bonds is 10. The number of sulfonamides is 1. The van der Waals surface area contributed by atoms with Gasteiger partial charge in [-0.1, -0.05) is 31.2 Å². The topological polar surface area (TPSA) is 88.2 Å². The third-order valence-electron chi connectivity index (χ3n) is 5.62. The standard InChI is InChI=1S/C24H33N3O5S/c1-4-23(27(33(3,29)30)21-8-10-22(31-2)11-9-21)24(28)25-17-19-6-5-7-20(16-19)18-26-12-14-32-15-13-26/h5-11,16,23H,4,12-15,17-18H2,1-3H3,(H,25,28)/t23-/m1/s1. The zero-order valence-electron chi connectivity index (χ0n) is 19.5. The van der Waals surface area contributed by atoms with Gasteiger partial charge in [0, 0.05) is 26.2 Å². The van der Waals surface area contributed by atoms with Crippen LogP contribution in [0.15, 0.2) is 48.5 Å². The van der Waals surface area contributed by atoms with Gasteiger partial charge < -0.3 is 14.8 Å². The lowest BCUT2D eigenvalue weighted by molar-refractivity contribution is -0.122. The van der Waals surface area contributed by atoms with Gasteiger partial charge in [-0.15, -0.1) is 0 Å². The number of methoxy groups -OCH3 is 1. The third-order valence-corrected chi connectivity index (χ3v) is 6.80. The highest BCUT2D eigenvalue weighted by Crippen LogP contribution is 2.25. The summed E-state index contributed by atoms with van der Waals surface area (Å²) in [6, 6.07) is 13.9. The normalized spacial score (nSPS) is 15.6. The fraction of sp³-hybridized carbons (Fsp3) is 0.458. The van der Waals surface area contributed by atoms with Crippen LogP contribution in [-0.4, -0.2) is 64.9 Å². The maximum atomic E-state index is 13.1. The van der Waals surface area contributed by atoms with E-state index in [2.05, 4.69) is 22.3 Å². The second-order valence-electron chi connectivity index (χ2n) is 8.11. The van der Waals surface area contributed by atoms with Crippen LogP contribution in [0, 0.1) is 0 Å². The molecule has 0 radical (unpaired) electrons. The molecule has 1 heterocycles. The quantitative estimate of drug-likeness (QED) is 0.568. The Hall–Kier alpha value is -2.62. The number of nitrogens with one attached hydrogen (secondary N) is 1. The van der Waals surface area contributed by atoms with E-state index in [-0.39, 0.29) is 5.91 Å². The van der Waals surface area contributed by atoms with E-state index < -0.39 is 16.1 Å². The Bertz CT molecular complexity index is 1020. The number of carbonyl (C=O) groups excluding carboxylic acids is 1. The summed E-state index contributed by atoms with van der Waals surface area (Å²) in [4.78, 5) is 15.4. The first-order valence-corrected chi connectivity index (χ1v) is 13.0.